The molecule has 1 atom stereocenters. The first-order chi connectivity index (χ1) is 11.8. The van der Waals surface area contributed by atoms with Crippen LogP contribution in [0.2, 0.25) is 0 Å². The molecule has 6 heteroatoms. The lowest BCUT2D eigenvalue weighted by atomic mass is 9.99. The number of benzene rings is 1. The number of likely N-dealkylation sites (tertiary alicyclic amines) is 1. The summed E-state index contributed by atoms with van der Waals surface area (Å²) < 4.78 is 26.0. The summed E-state index contributed by atoms with van der Waals surface area (Å²) >= 11 is 0. The Labute approximate surface area is 152 Å². The third kappa shape index (κ3) is 4.75. The van der Waals surface area contributed by atoms with Crippen molar-refractivity contribution in [2.45, 2.75) is 58.9 Å². The minimum absolute atomic E-state index is 0.0607. The summed E-state index contributed by atoms with van der Waals surface area (Å²) in [6.45, 7) is 6.97. The van der Waals surface area contributed by atoms with Gasteiger partial charge in [0.1, 0.15) is 0 Å². The zero-order chi connectivity index (χ0) is 18.6. The van der Waals surface area contributed by atoms with Gasteiger partial charge in [-0.1, -0.05) is 19.1 Å². The Bertz CT molecular complexity index is 715. The Morgan fingerprint density at radius 1 is 1.28 bits per heavy atom. The van der Waals surface area contributed by atoms with Crippen molar-refractivity contribution < 1.29 is 13.2 Å². The van der Waals surface area contributed by atoms with Crippen LogP contribution in [0.4, 0.5) is 5.69 Å². The van der Waals surface area contributed by atoms with Crippen LogP contribution in [0, 0.1) is 13.8 Å². The van der Waals surface area contributed by atoms with Crippen LogP contribution in [0.1, 0.15) is 50.2 Å². The van der Waals surface area contributed by atoms with Crippen LogP contribution in [-0.4, -0.2) is 44.6 Å². The summed E-state index contributed by atoms with van der Waals surface area (Å²) in [4.78, 5) is 14.6. The topological polar surface area (TPSA) is 57.7 Å². The van der Waals surface area contributed by atoms with Gasteiger partial charge in [0.25, 0.3) is 0 Å². The van der Waals surface area contributed by atoms with Crippen LogP contribution in [0.15, 0.2) is 18.2 Å². The van der Waals surface area contributed by atoms with Crippen molar-refractivity contribution in [2.24, 2.45) is 0 Å². The predicted octanol–water partition coefficient (Wildman–Crippen LogP) is 3.25. The first kappa shape index (κ1) is 19.8. The van der Waals surface area contributed by atoms with E-state index in [0.717, 1.165) is 36.9 Å². The second kappa shape index (κ2) is 8.21. The molecule has 1 saturated heterocycles. The number of nitrogens with zero attached hydrogens (tertiary/aromatic N) is 2. The normalized spacial score (nSPS) is 18.2. The second-order valence-electron chi connectivity index (χ2n) is 6.95. The quantitative estimate of drug-likeness (QED) is 0.776. The molecule has 2 rings (SSSR count). The van der Waals surface area contributed by atoms with Gasteiger partial charge in [-0.25, -0.2) is 8.42 Å². The molecule has 0 N–H and O–H groups in total. The highest BCUT2D eigenvalue weighted by atomic mass is 32.2. The molecule has 1 aliphatic heterocycles. The van der Waals surface area contributed by atoms with Gasteiger partial charge in [0.15, 0.2) is 0 Å². The van der Waals surface area contributed by atoms with E-state index in [1.54, 1.807) is 0 Å². The smallest absolute Gasteiger partial charge is 0.232 e. The van der Waals surface area contributed by atoms with Crippen molar-refractivity contribution in [1.29, 1.82) is 0 Å². The predicted molar refractivity (Wildman–Crippen MR) is 102 cm³/mol. The summed E-state index contributed by atoms with van der Waals surface area (Å²) in [6.07, 6.45) is 5.63. The molecule has 1 unspecified atom stereocenters. The minimum atomic E-state index is -3.44. The lowest BCUT2D eigenvalue weighted by Crippen LogP contribution is -2.45. The fourth-order valence-electron chi connectivity index (χ4n) is 3.56. The molecule has 1 amide bonds. The van der Waals surface area contributed by atoms with Gasteiger partial charge in [-0.2, -0.15) is 0 Å². The molecule has 0 aliphatic carbocycles. The highest BCUT2D eigenvalue weighted by molar-refractivity contribution is 7.92. The van der Waals surface area contributed by atoms with Gasteiger partial charge in [-0.15, -0.1) is 0 Å². The first-order valence-corrected chi connectivity index (χ1v) is 10.9. The van der Waals surface area contributed by atoms with Crippen LogP contribution in [0.3, 0.4) is 0 Å². The van der Waals surface area contributed by atoms with E-state index >= 15 is 0 Å². The van der Waals surface area contributed by atoms with E-state index in [9.17, 15) is 13.2 Å². The van der Waals surface area contributed by atoms with E-state index in [1.165, 1.54) is 17.0 Å². The fraction of sp³-hybridized carbons (Fsp3) is 0.632. The number of hydrogen-bond acceptors (Lipinski definition) is 3. The van der Waals surface area contributed by atoms with E-state index in [0.29, 0.717) is 11.7 Å². The Morgan fingerprint density at radius 2 is 2.00 bits per heavy atom. The SMILES string of the molecule is CCC1CCCCN1C(=O)CCN(c1cccc(C)c1C)S(C)(=O)=O. The van der Waals surface area contributed by atoms with Gasteiger partial charge in [-0.05, 0) is 56.7 Å². The molecule has 0 aromatic heterocycles. The molecule has 1 aromatic carbocycles. The van der Waals surface area contributed by atoms with E-state index in [2.05, 4.69) is 6.92 Å². The van der Waals surface area contributed by atoms with Gasteiger partial charge in [0.2, 0.25) is 15.9 Å². The molecular formula is C19H30N2O3S. The Kier molecular flexibility index (Phi) is 6.49. The number of carbonyl (C=O) groups is 1. The summed E-state index contributed by atoms with van der Waals surface area (Å²) in [5.74, 6) is 0.0607. The fourth-order valence-corrected chi connectivity index (χ4v) is 4.54. The first-order valence-electron chi connectivity index (χ1n) is 9.09. The summed E-state index contributed by atoms with van der Waals surface area (Å²) in [5, 5.41) is 0. The van der Waals surface area contributed by atoms with Crippen LogP contribution >= 0.6 is 0 Å². The largest absolute Gasteiger partial charge is 0.340 e. The zero-order valence-electron chi connectivity index (χ0n) is 15.8. The third-order valence-corrected chi connectivity index (χ3v) is 6.37. The van der Waals surface area contributed by atoms with Crippen LogP contribution in [-0.2, 0) is 14.8 Å². The molecule has 25 heavy (non-hydrogen) atoms. The number of piperidine rings is 1. The van der Waals surface area contributed by atoms with Gasteiger partial charge >= 0.3 is 0 Å². The second-order valence-corrected chi connectivity index (χ2v) is 8.86. The van der Waals surface area contributed by atoms with Crippen molar-refractivity contribution in [1.82, 2.24) is 4.90 Å². The summed E-state index contributed by atoms with van der Waals surface area (Å²) in [5.41, 5.74) is 2.64. The van der Waals surface area contributed by atoms with Crippen molar-refractivity contribution >= 4 is 21.6 Å². The number of aryl methyl sites for hydroxylation is 1. The summed E-state index contributed by atoms with van der Waals surface area (Å²) in [7, 11) is -3.44. The van der Waals surface area contributed by atoms with Crippen LogP contribution < -0.4 is 4.31 Å². The van der Waals surface area contributed by atoms with Crippen molar-refractivity contribution in [3.05, 3.63) is 29.3 Å². The maximum absolute atomic E-state index is 12.7. The van der Waals surface area contributed by atoms with Crippen molar-refractivity contribution in [3.8, 4) is 0 Å². The molecule has 1 fully saturated rings. The van der Waals surface area contributed by atoms with E-state index in [1.807, 2.05) is 36.9 Å². The number of sulfonamides is 1. The molecule has 5 nitrogen and oxygen atoms in total. The average molecular weight is 367 g/mol. The number of amides is 1. The Hall–Kier alpha value is -1.56. The van der Waals surface area contributed by atoms with Gasteiger partial charge in [0, 0.05) is 25.6 Å². The van der Waals surface area contributed by atoms with Gasteiger partial charge < -0.3 is 4.90 Å². The number of carbonyl (C=O) groups excluding carboxylic acids is 1. The van der Waals surface area contributed by atoms with Crippen LogP contribution in [0.25, 0.3) is 0 Å². The monoisotopic (exact) mass is 366 g/mol. The van der Waals surface area contributed by atoms with E-state index < -0.39 is 10.0 Å². The molecule has 0 spiro atoms. The van der Waals surface area contributed by atoms with Gasteiger partial charge in [-0.3, -0.25) is 9.10 Å². The third-order valence-electron chi connectivity index (χ3n) is 5.19. The number of hydrogen-bond donors (Lipinski definition) is 0. The number of anilines is 1. The molecule has 0 bridgehead atoms. The molecule has 1 aromatic rings. The summed E-state index contributed by atoms with van der Waals surface area (Å²) in [6, 6.07) is 5.93. The van der Waals surface area contributed by atoms with Gasteiger partial charge in [0.05, 0.1) is 11.9 Å². The van der Waals surface area contributed by atoms with Crippen LogP contribution in [0.5, 0.6) is 0 Å². The lowest BCUT2D eigenvalue weighted by molar-refractivity contribution is -0.134. The molecule has 1 heterocycles. The number of rotatable bonds is 6. The molecule has 0 radical (unpaired) electrons. The highest BCUT2D eigenvalue weighted by Gasteiger charge is 2.27. The molecular weight excluding hydrogens is 336 g/mol. The molecule has 1 aliphatic rings. The maximum atomic E-state index is 12.7. The lowest BCUT2D eigenvalue weighted by Gasteiger charge is -2.36. The Balaban J connectivity index is 2.16. The molecule has 140 valence electrons. The standard InChI is InChI=1S/C19H30N2O3S/c1-5-17-10-6-7-13-20(17)19(22)12-14-21(25(4,23)24)18-11-8-9-15(2)16(18)3/h8-9,11,17H,5-7,10,12-14H2,1-4H3. The maximum Gasteiger partial charge on any atom is 0.232 e. The zero-order valence-corrected chi connectivity index (χ0v) is 16.6. The van der Waals surface area contributed by atoms with E-state index in [-0.39, 0.29) is 18.9 Å². The Morgan fingerprint density at radius 3 is 2.64 bits per heavy atom. The average Bonchev–Trinajstić information content (AvgIpc) is 2.57. The van der Waals surface area contributed by atoms with E-state index in [4.69, 9.17) is 0 Å². The highest BCUT2D eigenvalue weighted by Crippen LogP contribution is 2.26. The minimum Gasteiger partial charge on any atom is -0.340 e. The van der Waals surface area contributed by atoms with Crippen molar-refractivity contribution in [3.63, 3.8) is 0 Å². The van der Waals surface area contributed by atoms with Crippen molar-refractivity contribution in [2.75, 3.05) is 23.7 Å². The molecule has 0 saturated carbocycles.